The Kier molecular flexibility index (Phi) is 3.72. The summed E-state index contributed by atoms with van der Waals surface area (Å²) in [6.45, 7) is 5.06. The van der Waals surface area contributed by atoms with Crippen LogP contribution in [0.3, 0.4) is 0 Å². The molecule has 98 valence electrons. The maximum atomic E-state index is 11.9. The molecule has 1 aliphatic heterocycles. The van der Waals surface area contributed by atoms with Gasteiger partial charge in [-0.3, -0.25) is 4.79 Å². The molecule has 0 aliphatic carbocycles. The lowest BCUT2D eigenvalue weighted by Gasteiger charge is -2.23. The van der Waals surface area contributed by atoms with E-state index in [9.17, 15) is 4.79 Å². The molecule has 1 heterocycles. The van der Waals surface area contributed by atoms with Crippen molar-refractivity contribution in [3.63, 3.8) is 0 Å². The molecule has 0 bridgehead atoms. The SMILES string of the molecule is CCN(Cc1ccc2c(c1)OCO2)C(=O)C(C)N. The van der Waals surface area contributed by atoms with E-state index in [-0.39, 0.29) is 12.7 Å². The third kappa shape index (κ3) is 2.56. The van der Waals surface area contributed by atoms with Crippen molar-refractivity contribution in [3.05, 3.63) is 23.8 Å². The van der Waals surface area contributed by atoms with Gasteiger partial charge in [0.2, 0.25) is 12.7 Å². The zero-order valence-corrected chi connectivity index (χ0v) is 10.7. The number of fused-ring (bicyclic) bond motifs is 1. The van der Waals surface area contributed by atoms with Crippen LogP contribution in [0, 0.1) is 0 Å². The molecule has 0 spiro atoms. The zero-order chi connectivity index (χ0) is 13.1. The third-order valence-electron chi connectivity index (χ3n) is 2.89. The van der Waals surface area contributed by atoms with E-state index in [4.69, 9.17) is 15.2 Å². The van der Waals surface area contributed by atoms with Crippen LogP contribution in [0.25, 0.3) is 0 Å². The normalized spacial score (nSPS) is 14.4. The minimum Gasteiger partial charge on any atom is -0.454 e. The quantitative estimate of drug-likeness (QED) is 0.869. The summed E-state index contributed by atoms with van der Waals surface area (Å²) in [5.74, 6) is 1.44. The zero-order valence-electron chi connectivity index (χ0n) is 10.7. The number of carbonyl (C=O) groups excluding carboxylic acids is 1. The van der Waals surface area contributed by atoms with E-state index in [2.05, 4.69) is 0 Å². The van der Waals surface area contributed by atoms with Crippen LogP contribution in [0.2, 0.25) is 0 Å². The van der Waals surface area contributed by atoms with Gasteiger partial charge in [-0.05, 0) is 31.5 Å². The fourth-order valence-electron chi connectivity index (χ4n) is 1.89. The van der Waals surface area contributed by atoms with E-state index in [0.29, 0.717) is 13.1 Å². The Balaban J connectivity index is 2.10. The number of carbonyl (C=O) groups is 1. The first-order valence-electron chi connectivity index (χ1n) is 6.04. The van der Waals surface area contributed by atoms with Crippen molar-refractivity contribution in [1.82, 2.24) is 4.90 Å². The summed E-state index contributed by atoms with van der Waals surface area (Å²) in [6, 6.07) is 5.23. The molecule has 1 aromatic carbocycles. The molecule has 1 amide bonds. The van der Waals surface area contributed by atoms with E-state index in [1.807, 2.05) is 25.1 Å². The predicted molar refractivity (Wildman–Crippen MR) is 67.3 cm³/mol. The topological polar surface area (TPSA) is 64.8 Å². The van der Waals surface area contributed by atoms with E-state index in [1.54, 1.807) is 11.8 Å². The summed E-state index contributed by atoms with van der Waals surface area (Å²) in [4.78, 5) is 13.6. The van der Waals surface area contributed by atoms with E-state index < -0.39 is 6.04 Å². The average Bonchev–Trinajstić information content (AvgIpc) is 2.82. The predicted octanol–water partition coefficient (Wildman–Crippen LogP) is 1.11. The number of benzene rings is 1. The van der Waals surface area contributed by atoms with Crippen LogP contribution < -0.4 is 15.2 Å². The lowest BCUT2D eigenvalue weighted by atomic mass is 10.1. The van der Waals surface area contributed by atoms with Crippen LogP contribution >= 0.6 is 0 Å². The van der Waals surface area contributed by atoms with Gasteiger partial charge in [-0.1, -0.05) is 6.07 Å². The van der Waals surface area contributed by atoms with Gasteiger partial charge in [0.15, 0.2) is 11.5 Å². The van der Waals surface area contributed by atoms with Gasteiger partial charge < -0.3 is 20.1 Å². The van der Waals surface area contributed by atoms with Crippen molar-refractivity contribution in [1.29, 1.82) is 0 Å². The summed E-state index contributed by atoms with van der Waals surface area (Å²) in [7, 11) is 0. The lowest BCUT2D eigenvalue weighted by Crippen LogP contribution is -2.41. The number of ether oxygens (including phenoxy) is 2. The molecular formula is C13H18N2O3. The largest absolute Gasteiger partial charge is 0.454 e. The molecule has 0 saturated heterocycles. The third-order valence-corrected chi connectivity index (χ3v) is 2.89. The van der Waals surface area contributed by atoms with Gasteiger partial charge >= 0.3 is 0 Å². The highest BCUT2D eigenvalue weighted by Crippen LogP contribution is 2.32. The van der Waals surface area contributed by atoms with Gasteiger partial charge in [-0.2, -0.15) is 0 Å². The molecule has 2 rings (SSSR count). The average molecular weight is 250 g/mol. The van der Waals surface area contributed by atoms with Crippen molar-refractivity contribution in [2.24, 2.45) is 5.73 Å². The molecule has 0 aromatic heterocycles. The van der Waals surface area contributed by atoms with Gasteiger partial charge in [0.05, 0.1) is 6.04 Å². The van der Waals surface area contributed by atoms with Crippen LogP contribution in [0.15, 0.2) is 18.2 Å². The number of rotatable bonds is 4. The fourth-order valence-corrected chi connectivity index (χ4v) is 1.89. The summed E-state index contributed by atoms with van der Waals surface area (Å²) in [5, 5.41) is 0. The molecule has 0 fully saturated rings. The van der Waals surface area contributed by atoms with Gasteiger partial charge in [0, 0.05) is 13.1 Å². The van der Waals surface area contributed by atoms with Crippen molar-refractivity contribution in [2.75, 3.05) is 13.3 Å². The Hall–Kier alpha value is -1.75. The molecule has 2 N–H and O–H groups in total. The number of nitrogens with two attached hydrogens (primary N) is 1. The number of nitrogens with zero attached hydrogens (tertiary/aromatic N) is 1. The van der Waals surface area contributed by atoms with Crippen LogP contribution in [-0.4, -0.2) is 30.2 Å². The Labute approximate surface area is 106 Å². The molecule has 5 nitrogen and oxygen atoms in total. The van der Waals surface area contributed by atoms with Crippen LogP contribution in [-0.2, 0) is 11.3 Å². The van der Waals surface area contributed by atoms with Crippen molar-refractivity contribution >= 4 is 5.91 Å². The minimum atomic E-state index is -0.473. The van der Waals surface area contributed by atoms with Crippen LogP contribution in [0.4, 0.5) is 0 Å². The molecule has 1 atom stereocenters. The first-order chi connectivity index (χ1) is 8.61. The molecule has 18 heavy (non-hydrogen) atoms. The fraction of sp³-hybridized carbons (Fsp3) is 0.462. The number of likely N-dealkylation sites (N-methyl/N-ethyl adjacent to an activating group) is 1. The second-order valence-electron chi connectivity index (χ2n) is 4.33. The second-order valence-corrected chi connectivity index (χ2v) is 4.33. The Morgan fingerprint density at radius 2 is 2.17 bits per heavy atom. The highest BCUT2D eigenvalue weighted by atomic mass is 16.7. The van der Waals surface area contributed by atoms with Gasteiger partial charge in [0.1, 0.15) is 0 Å². The highest BCUT2D eigenvalue weighted by molar-refractivity contribution is 5.81. The monoisotopic (exact) mass is 250 g/mol. The van der Waals surface area contributed by atoms with E-state index in [0.717, 1.165) is 17.1 Å². The number of hydrogen-bond donors (Lipinski definition) is 1. The Morgan fingerprint density at radius 1 is 1.44 bits per heavy atom. The highest BCUT2D eigenvalue weighted by Gasteiger charge is 2.18. The van der Waals surface area contributed by atoms with E-state index in [1.165, 1.54) is 0 Å². The summed E-state index contributed by atoms with van der Waals surface area (Å²) < 4.78 is 10.6. The van der Waals surface area contributed by atoms with Crippen LogP contribution in [0.1, 0.15) is 19.4 Å². The molecule has 0 radical (unpaired) electrons. The van der Waals surface area contributed by atoms with Gasteiger partial charge in [-0.15, -0.1) is 0 Å². The lowest BCUT2D eigenvalue weighted by molar-refractivity contribution is -0.132. The maximum Gasteiger partial charge on any atom is 0.239 e. The molecule has 0 saturated carbocycles. The molecular weight excluding hydrogens is 232 g/mol. The summed E-state index contributed by atoms with van der Waals surface area (Å²) in [6.07, 6.45) is 0. The van der Waals surface area contributed by atoms with Crippen LogP contribution in [0.5, 0.6) is 11.5 Å². The Bertz CT molecular complexity index is 446. The van der Waals surface area contributed by atoms with Crippen molar-refractivity contribution in [2.45, 2.75) is 26.4 Å². The summed E-state index contributed by atoms with van der Waals surface area (Å²) >= 11 is 0. The second kappa shape index (κ2) is 5.27. The van der Waals surface area contributed by atoms with Gasteiger partial charge in [0.25, 0.3) is 0 Å². The smallest absolute Gasteiger partial charge is 0.239 e. The summed E-state index contributed by atoms with van der Waals surface area (Å²) in [5.41, 5.74) is 6.63. The van der Waals surface area contributed by atoms with Crippen molar-refractivity contribution < 1.29 is 14.3 Å². The molecule has 1 aliphatic rings. The first-order valence-corrected chi connectivity index (χ1v) is 6.04. The minimum absolute atomic E-state index is 0.0461. The molecule has 5 heteroatoms. The van der Waals surface area contributed by atoms with Crippen molar-refractivity contribution in [3.8, 4) is 11.5 Å². The van der Waals surface area contributed by atoms with Gasteiger partial charge in [-0.25, -0.2) is 0 Å². The molecule has 1 unspecified atom stereocenters. The first kappa shape index (κ1) is 12.7. The number of hydrogen-bond acceptors (Lipinski definition) is 4. The molecule has 1 aromatic rings. The Morgan fingerprint density at radius 3 is 2.83 bits per heavy atom. The maximum absolute atomic E-state index is 11.9. The van der Waals surface area contributed by atoms with E-state index >= 15 is 0 Å². The number of amides is 1. The standard InChI is InChI=1S/C13H18N2O3/c1-3-15(13(16)9(2)14)7-10-4-5-11-12(6-10)18-8-17-11/h4-6,9H,3,7-8,14H2,1-2H3.